The molecule has 60 valence electrons. The number of likely N-dealkylation sites (tertiary alicyclic amines) is 1. The Labute approximate surface area is 78.9 Å². The monoisotopic (exact) mass is 265 g/mol. The second-order valence-corrected chi connectivity index (χ2v) is 2.98. The summed E-state index contributed by atoms with van der Waals surface area (Å²) in [6, 6.07) is 0. The number of halogens is 1. The fourth-order valence-electron chi connectivity index (χ4n) is 0.983. The molecule has 3 nitrogen and oxygen atoms in total. The maximum Gasteiger partial charge on any atom is 0.163 e. The average Bonchev–Trinajstić information content (AvgIpc) is 1.94. The van der Waals surface area contributed by atoms with Gasteiger partial charge in [-0.2, -0.15) is 0 Å². The van der Waals surface area contributed by atoms with Gasteiger partial charge in [0.2, 0.25) is 0 Å². The molecular formula is C7H8INO2. The predicted molar refractivity (Wildman–Crippen MR) is 48.9 cm³/mol. The number of nitrogens with zero attached hydrogens (tertiary/aromatic N) is 1. The Morgan fingerprint density at radius 1 is 1.73 bits per heavy atom. The van der Waals surface area contributed by atoms with Crippen LogP contribution >= 0.6 is 22.6 Å². The minimum Gasteiger partial charge on any atom is -0.371 e. The summed E-state index contributed by atoms with van der Waals surface area (Å²) in [6.07, 6.45) is -0.393. The van der Waals surface area contributed by atoms with Crippen LogP contribution in [-0.2, 0) is 4.79 Å². The van der Waals surface area contributed by atoms with E-state index in [-0.39, 0.29) is 0 Å². The van der Waals surface area contributed by atoms with Crippen molar-refractivity contribution in [2.75, 3.05) is 13.1 Å². The summed E-state index contributed by atoms with van der Waals surface area (Å²) < 4.78 is 2.77. The van der Waals surface area contributed by atoms with Crippen molar-refractivity contribution >= 4 is 28.9 Å². The van der Waals surface area contributed by atoms with Crippen LogP contribution in [0.4, 0.5) is 0 Å². The van der Waals surface area contributed by atoms with Gasteiger partial charge in [0.05, 0.1) is 0 Å². The lowest BCUT2D eigenvalue weighted by Crippen LogP contribution is -2.52. The zero-order valence-corrected chi connectivity index (χ0v) is 7.98. The summed E-state index contributed by atoms with van der Waals surface area (Å²) >= 11 is 1.98. The number of carbonyl (C=O) groups is 1. The molecule has 1 fully saturated rings. The molecular weight excluding hydrogens is 257 g/mol. The van der Waals surface area contributed by atoms with Gasteiger partial charge in [-0.15, -0.1) is 0 Å². The molecule has 0 saturated carbocycles. The first-order chi connectivity index (χ1) is 5.27. The third-order valence-electron chi connectivity index (χ3n) is 1.66. The van der Waals surface area contributed by atoms with Crippen LogP contribution in [0.2, 0.25) is 0 Å². The molecule has 0 spiro atoms. The molecule has 0 bridgehead atoms. The Kier molecular flexibility index (Phi) is 3.30. The fraction of sp³-hybridized carbons (Fsp3) is 0.571. The van der Waals surface area contributed by atoms with Crippen molar-refractivity contribution in [1.29, 1.82) is 0 Å². The third kappa shape index (κ3) is 2.15. The number of rotatable bonds is 2. The molecule has 1 heterocycles. The molecule has 1 aliphatic rings. The molecule has 0 radical (unpaired) electrons. The van der Waals surface area contributed by atoms with E-state index in [4.69, 9.17) is 5.11 Å². The average molecular weight is 265 g/mol. The van der Waals surface area contributed by atoms with E-state index in [1.54, 1.807) is 4.90 Å². The first-order valence-electron chi connectivity index (χ1n) is 3.26. The minimum absolute atomic E-state index is 0.335. The van der Waals surface area contributed by atoms with Crippen molar-refractivity contribution in [3.63, 3.8) is 0 Å². The number of hydrogen-bond donors (Lipinski definition) is 1. The van der Waals surface area contributed by atoms with Gasteiger partial charge in [0.1, 0.15) is 0 Å². The van der Waals surface area contributed by atoms with Gasteiger partial charge in [0.25, 0.3) is 0 Å². The van der Waals surface area contributed by atoms with Crippen LogP contribution < -0.4 is 0 Å². The predicted octanol–water partition coefficient (Wildman–Crippen LogP) is -0.169. The van der Waals surface area contributed by atoms with Crippen molar-refractivity contribution in [2.45, 2.75) is 6.23 Å². The van der Waals surface area contributed by atoms with Crippen LogP contribution in [0.15, 0.2) is 0 Å². The van der Waals surface area contributed by atoms with Gasteiger partial charge in [-0.05, 0) is 3.93 Å². The summed E-state index contributed by atoms with van der Waals surface area (Å²) in [5, 5.41) is 8.97. The normalized spacial score (nSPS) is 21.3. The van der Waals surface area contributed by atoms with E-state index in [0.29, 0.717) is 25.3 Å². The van der Waals surface area contributed by atoms with Gasteiger partial charge < -0.3 is 5.11 Å². The van der Waals surface area contributed by atoms with Gasteiger partial charge >= 0.3 is 0 Å². The van der Waals surface area contributed by atoms with Gasteiger partial charge in [0.15, 0.2) is 12.5 Å². The molecule has 0 aromatic carbocycles. The van der Waals surface area contributed by atoms with Crippen molar-refractivity contribution in [3.8, 4) is 9.85 Å². The minimum atomic E-state index is -0.928. The number of aliphatic hydroxyl groups excluding tert-OH is 1. The van der Waals surface area contributed by atoms with Crippen molar-refractivity contribution in [3.05, 3.63) is 0 Å². The molecule has 1 saturated heterocycles. The molecule has 1 aliphatic heterocycles. The quantitative estimate of drug-likeness (QED) is 0.428. The Bertz CT molecular complexity index is 202. The number of hydrogen-bond acceptors (Lipinski definition) is 3. The highest BCUT2D eigenvalue weighted by Crippen LogP contribution is 2.15. The van der Waals surface area contributed by atoms with Crippen LogP contribution in [0, 0.1) is 15.8 Å². The zero-order chi connectivity index (χ0) is 8.27. The molecule has 0 amide bonds. The summed E-state index contributed by atoms with van der Waals surface area (Å²) in [5.41, 5.74) is 0. The Morgan fingerprint density at radius 2 is 2.36 bits per heavy atom. The highest BCUT2D eigenvalue weighted by molar-refractivity contribution is 14.1. The lowest BCUT2D eigenvalue weighted by atomic mass is 10.0. The van der Waals surface area contributed by atoms with Gasteiger partial charge in [-0.3, -0.25) is 9.69 Å². The first kappa shape index (κ1) is 8.97. The van der Waals surface area contributed by atoms with Gasteiger partial charge in [0, 0.05) is 41.6 Å². The van der Waals surface area contributed by atoms with Crippen LogP contribution in [-0.4, -0.2) is 35.6 Å². The summed E-state index contributed by atoms with van der Waals surface area (Å²) in [7, 11) is 0. The lowest BCUT2D eigenvalue weighted by molar-refractivity contribution is -0.129. The van der Waals surface area contributed by atoms with E-state index in [1.807, 2.05) is 22.6 Å². The zero-order valence-electron chi connectivity index (χ0n) is 5.83. The highest BCUT2D eigenvalue weighted by atomic mass is 127. The van der Waals surface area contributed by atoms with Crippen molar-refractivity contribution in [2.24, 2.45) is 5.92 Å². The first-order valence-corrected chi connectivity index (χ1v) is 4.34. The second kappa shape index (κ2) is 4.04. The maximum absolute atomic E-state index is 10.1. The molecule has 11 heavy (non-hydrogen) atoms. The molecule has 0 aromatic heterocycles. The van der Waals surface area contributed by atoms with E-state index < -0.39 is 6.23 Å². The third-order valence-corrected chi connectivity index (χ3v) is 1.98. The molecule has 0 aromatic rings. The molecule has 0 aliphatic carbocycles. The van der Waals surface area contributed by atoms with Crippen LogP contribution in [0.5, 0.6) is 0 Å². The Balaban J connectivity index is 2.27. The van der Waals surface area contributed by atoms with Crippen LogP contribution in [0.1, 0.15) is 0 Å². The van der Waals surface area contributed by atoms with E-state index in [1.165, 1.54) is 0 Å². The standard InChI is InChI=1S/C7H8INO2/c8-2-1-6-3-9(4-6)7(11)5-10/h5-7,11H,3-4H2. The smallest absolute Gasteiger partial charge is 0.163 e. The Hall–Kier alpha value is -0.120. The molecule has 1 atom stereocenters. The van der Waals surface area contributed by atoms with Gasteiger partial charge in [-0.1, -0.05) is 5.92 Å². The molecule has 1 N–H and O–H groups in total. The maximum atomic E-state index is 10.1. The fourth-order valence-corrected chi connectivity index (χ4v) is 1.42. The number of carbonyl (C=O) groups excluding carboxylic acids is 1. The summed E-state index contributed by atoms with van der Waals surface area (Å²) in [5.74, 6) is 3.29. The second-order valence-electron chi connectivity index (χ2n) is 2.44. The molecule has 1 unspecified atom stereocenters. The van der Waals surface area contributed by atoms with Crippen LogP contribution in [0.3, 0.4) is 0 Å². The summed E-state index contributed by atoms with van der Waals surface area (Å²) in [4.78, 5) is 11.8. The number of aldehydes is 1. The lowest BCUT2D eigenvalue weighted by Gasteiger charge is -2.37. The van der Waals surface area contributed by atoms with E-state index in [2.05, 4.69) is 9.85 Å². The molecule has 1 rings (SSSR count). The Morgan fingerprint density at radius 3 is 2.82 bits per heavy atom. The van der Waals surface area contributed by atoms with E-state index in [9.17, 15) is 4.79 Å². The SMILES string of the molecule is O=CC(O)N1CC(C#CI)C1. The van der Waals surface area contributed by atoms with E-state index in [0.717, 1.165) is 0 Å². The van der Waals surface area contributed by atoms with Crippen LogP contribution in [0.25, 0.3) is 0 Å². The van der Waals surface area contributed by atoms with E-state index >= 15 is 0 Å². The highest BCUT2D eigenvalue weighted by Gasteiger charge is 2.29. The molecule has 4 heteroatoms. The van der Waals surface area contributed by atoms with Gasteiger partial charge in [-0.25, -0.2) is 0 Å². The summed E-state index contributed by atoms with van der Waals surface area (Å²) in [6.45, 7) is 1.41. The van der Waals surface area contributed by atoms with Crippen molar-refractivity contribution < 1.29 is 9.90 Å². The number of aliphatic hydroxyl groups is 1. The largest absolute Gasteiger partial charge is 0.371 e. The van der Waals surface area contributed by atoms with Crippen molar-refractivity contribution in [1.82, 2.24) is 4.90 Å². The topological polar surface area (TPSA) is 40.5 Å².